The second-order valence-corrected chi connectivity index (χ2v) is 8.67. The van der Waals surface area contributed by atoms with Crippen LogP contribution >= 0.6 is 0 Å². The Morgan fingerprint density at radius 2 is 1.95 bits per heavy atom. The first-order valence-electron chi connectivity index (χ1n) is 9.35. The summed E-state index contributed by atoms with van der Waals surface area (Å²) in [7, 11) is 1.84. The molecule has 0 saturated heterocycles. The lowest BCUT2D eigenvalue weighted by molar-refractivity contribution is -0.131. The Bertz CT molecular complexity index is 482. The fraction of sp³-hybridized carbons (Fsp3) is 0.850. The fourth-order valence-electron chi connectivity index (χ4n) is 6.61. The van der Waals surface area contributed by atoms with Crippen LogP contribution in [0.4, 0.5) is 0 Å². The summed E-state index contributed by atoms with van der Waals surface area (Å²) in [5, 5.41) is 0. The van der Waals surface area contributed by atoms with Gasteiger partial charge in [-0.1, -0.05) is 13.0 Å². The maximum absolute atomic E-state index is 12.3. The lowest BCUT2D eigenvalue weighted by Gasteiger charge is -2.54. The van der Waals surface area contributed by atoms with E-state index in [1.54, 1.807) is 0 Å². The lowest BCUT2D eigenvalue weighted by atomic mass is 9.50. The monoisotopic (exact) mass is 302 g/mol. The molecular formula is C20H30O2. The summed E-state index contributed by atoms with van der Waals surface area (Å²) in [6.45, 7) is 3.19. The van der Waals surface area contributed by atoms with Crippen LogP contribution in [0.3, 0.4) is 0 Å². The molecule has 7 atom stereocenters. The van der Waals surface area contributed by atoms with Gasteiger partial charge in [-0.2, -0.15) is 0 Å². The number of carbonyl (C=O) groups excluding carboxylic acids is 1. The predicted molar refractivity (Wildman–Crippen MR) is 87.4 cm³/mol. The molecule has 2 heteroatoms. The Morgan fingerprint density at radius 1 is 1.14 bits per heavy atom. The summed E-state index contributed by atoms with van der Waals surface area (Å²) in [5.74, 6) is 5.27. The van der Waals surface area contributed by atoms with Gasteiger partial charge in [0.05, 0.1) is 0 Å². The second-order valence-electron chi connectivity index (χ2n) is 8.67. The summed E-state index contributed by atoms with van der Waals surface area (Å²) in [4.78, 5) is 12.3. The number of fused-ring (bicyclic) bond motifs is 5. The van der Waals surface area contributed by atoms with Crippen molar-refractivity contribution in [2.24, 2.45) is 40.9 Å². The van der Waals surface area contributed by atoms with E-state index < -0.39 is 0 Å². The van der Waals surface area contributed by atoms with Crippen LogP contribution in [-0.4, -0.2) is 19.5 Å². The van der Waals surface area contributed by atoms with Crippen molar-refractivity contribution in [2.45, 2.75) is 51.9 Å². The summed E-state index contributed by atoms with van der Waals surface area (Å²) < 4.78 is 5.40. The smallest absolute Gasteiger partial charge is 0.161 e. The van der Waals surface area contributed by atoms with Crippen molar-refractivity contribution in [1.29, 1.82) is 0 Å². The highest BCUT2D eigenvalue weighted by molar-refractivity contribution is 5.97. The van der Waals surface area contributed by atoms with Crippen LogP contribution in [-0.2, 0) is 9.53 Å². The van der Waals surface area contributed by atoms with Crippen LogP contribution in [0.5, 0.6) is 0 Å². The number of carbonyl (C=O) groups is 1. The van der Waals surface area contributed by atoms with Gasteiger partial charge in [0.2, 0.25) is 0 Å². The number of ether oxygens (including phenoxy) is 1. The van der Waals surface area contributed by atoms with Crippen LogP contribution in [0.2, 0.25) is 0 Å². The molecule has 122 valence electrons. The molecule has 0 aromatic rings. The summed E-state index contributed by atoms with van der Waals surface area (Å²) in [6.07, 6.45) is 13.5. The molecule has 0 aromatic carbocycles. The van der Waals surface area contributed by atoms with Gasteiger partial charge in [-0.15, -0.1) is 0 Å². The molecule has 0 radical (unpaired) electrons. The number of methoxy groups -OCH3 is 1. The minimum atomic E-state index is -0.0543. The Hall–Kier alpha value is -0.630. The van der Waals surface area contributed by atoms with Crippen molar-refractivity contribution in [1.82, 2.24) is 0 Å². The first-order chi connectivity index (χ1) is 10.6. The van der Waals surface area contributed by atoms with Crippen LogP contribution in [0.1, 0.15) is 51.9 Å². The Balaban J connectivity index is 1.51. The number of ketones is 1. The van der Waals surface area contributed by atoms with Crippen molar-refractivity contribution in [3.63, 3.8) is 0 Å². The predicted octanol–water partition coefficient (Wildman–Crippen LogP) is 4.25. The number of allylic oxidation sites excluding steroid dienone is 2. The van der Waals surface area contributed by atoms with Crippen molar-refractivity contribution >= 4 is 5.78 Å². The first kappa shape index (κ1) is 14.9. The lowest BCUT2D eigenvalue weighted by Crippen LogP contribution is -2.49. The largest absolute Gasteiger partial charge is 0.384 e. The van der Waals surface area contributed by atoms with Crippen LogP contribution < -0.4 is 0 Å². The normalized spacial score (nSPS) is 50.4. The van der Waals surface area contributed by atoms with Gasteiger partial charge in [0.1, 0.15) is 0 Å². The molecule has 0 aliphatic heterocycles. The summed E-state index contributed by atoms with van der Waals surface area (Å²) in [5.41, 5.74) is -0.0543. The topological polar surface area (TPSA) is 26.3 Å². The van der Waals surface area contributed by atoms with Gasteiger partial charge < -0.3 is 4.74 Å². The SMILES string of the molecule is COCC1CCC2C(CCC3C2CCC2(C)C(=O)C=CC32)C1. The average molecular weight is 302 g/mol. The van der Waals surface area contributed by atoms with Crippen molar-refractivity contribution in [3.8, 4) is 0 Å². The molecule has 0 N–H and O–H groups in total. The third-order valence-corrected chi connectivity index (χ3v) is 7.73. The van der Waals surface area contributed by atoms with Gasteiger partial charge in [-0.25, -0.2) is 0 Å². The van der Waals surface area contributed by atoms with Gasteiger partial charge in [0, 0.05) is 19.1 Å². The quantitative estimate of drug-likeness (QED) is 0.762. The molecule has 22 heavy (non-hydrogen) atoms. The third-order valence-electron chi connectivity index (χ3n) is 7.73. The first-order valence-corrected chi connectivity index (χ1v) is 9.35. The fourth-order valence-corrected chi connectivity index (χ4v) is 6.61. The van der Waals surface area contributed by atoms with Gasteiger partial charge in [0.25, 0.3) is 0 Å². The summed E-state index contributed by atoms with van der Waals surface area (Å²) in [6, 6.07) is 0. The standard InChI is InChI=1S/C20H30O2/c1-20-10-9-16-15-5-3-13(12-22-2)11-14(15)4-6-17(16)18(20)7-8-19(20)21/h7-8,13-18H,3-6,9-12H2,1-2H3. The van der Waals surface area contributed by atoms with E-state index in [1.165, 1.54) is 38.5 Å². The minimum Gasteiger partial charge on any atom is -0.384 e. The van der Waals surface area contributed by atoms with Gasteiger partial charge >= 0.3 is 0 Å². The molecule has 7 unspecified atom stereocenters. The Labute approximate surface area is 134 Å². The van der Waals surface area contributed by atoms with E-state index >= 15 is 0 Å². The average Bonchev–Trinajstić information content (AvgIpc) is 2.83. The van der Waals surface area contributed by atoms with Crippen molar-refractivity contribution in [3.05, 3.63) is 12.2 Å². The molecule has 4 rings (SSSR count). The van der Waals surface area contributed by atoms with E-state index in [4.69, 9.17) is 4.74 Å². The highest BCUT2D eigenvalue weighted by Crippen LogP contribution is 2.60. The summed E-state index contributed by atoms with van der Waals surface area (Å²) >= 11 is 0. The Morgan fingerprint density at radius 3 is 2.77 bits per heavy atom. The molecule has 0 spiro atoms. The van der Waals surface area contributed by atoms with E-state index in [2.05, 4.69) is 13.0 Å². The van der Waals surface area contributed by atoms with E-state index in [0.29, 0.717) is 11.7 Å². The van der Waals surface area contributed by atoms with Crippen LogP contribution in [0.15, 0.2) is 12.2 Å². The molecule has 3 fully saturated rings. The molecule has 4 aliphatic carbocycles. The van der Waals surface area contributed by atoms with Crippen molar-refractivity contribution in [2.75, 3.05) is 13.7 Å². The minimum absolute atomic E-state index is 0.0543. The van der Waals surface area contributed by atoms with Crippen LogP contribution in [0.25, 0.3) is 0 Å². The zero-order valence-electron chi connectivity index (χ0n) is 14.1. The zero-order valence-corrected chi connectivity index (χ0v) is 14.1. The highest BCUT2D eigenvalue weighted by Gasteiger charge is 2.55. The second kappa shape index (κ2) is 5.47. The third kappa shape index (κ3) is 2.13. The van der Waals surface area contributed by atoms with Crippen LogP contribution in [0, 0.1) is 40.9 Å². The van der Waals surface area contributed by atoms with Gasteiger partial charge in [-0.3, -0.25) is 4.79 Å². The number of hydrogen-bond acceptors (Lipinski definition) is 2. The highest BCUT2D eigenvalue weighted by atomic mass is 16.5. The molecule has 3 saturated carbocycles. The van der Waals surface area contributed by atoms with E-state index in [1.807, 2.05) is 13.2 Å². The molecule has 0 heterocycles. The molecule has 4 aliphatic rings. The van der Waals surface area contributed by atoms with E-state index in [0.717, 1.165) is 42.6 Å². The molecular weight excluding hydrogens is 272 g/mol. The number of rotatable bonds is 2. The van der Waals surface area contributed by atoms with Gasteiger partial charge in [-0.05, 0) is 86.5 Å². The number of hydrogen-bond donors (Lipinski definition) is 0. The molecule has 0 bridgehead atoms. The molecule has 2 nitrogen and oxygen atoms in total. The van der Waals surface area contributed by atoms with E-state index in [9.17, 15) is 4.79 Å². The molecule has 0 amide bonds. The molecule has 0 aromatic heterocycles. The van der Waals surface area contributed by atoms with E-state index in [-0.39, 0.29) is 5.41 Å². The maximum atomic E-state index is 12.3. The maximum Gasteiger partial charge on any atom is 0.161 e. The van der Waals surface area contributed by atoms with Gasteiger partial charge in [0.15, 0.2) is 5.78 Å². The zero-order chi connectivity index (χ0) is 15.3. The van der Waals surface area contributed by atoms with Crippen molar-refractivity contribution < 1.29 is 9.53 Å². The Kier molecular flexibility index (Phi) is 3.71.